The quantitative estimate of drug-likeness (QED) is 0.246. The zero-order valence-electron chi connectivity index (χ0n) is 16.7. The number of hydrogen-bond donors (Lipinski definition) is 0. The number of nitro groups is 1. The normalized spacial score (nSPS) is 14.7. The van der Waals surface area contributed by atoms with Crippen molar-refractivity contribution >= 4 is 23.5 Å². The van der Waals surface area contributed by atoms with Gasteiger partial charge in [-0.2, -0.15) is 0 Å². The Balaban J connectivity index is 2.38. The van der Waals surface area contributed by atoms with Crippen LogP contribution >= 0.6 is 0 Å². The monoisotopic (exact) mass is 418 g/mol. The lowest BCUT2D eigenvalue weighted by Crippen LogP contribution is -2.33. The number of amides is 2. The predicted octanol–water partition coefficient (Wildman–Crippen LogP) is 2.83. The third-order valence-electron chi connectivity index (χ3n) is 4.22. The molecule has 1 aromatic rings. The van der Waals surface area contributed by atoms with Crippen molar-refractivity contribution < 1.29 is 33.6 Å². The molecular formula is C20H22N2O8. The summed E-state index contributed by atoms with van der Waals surface area (Å²) >= 11 is 0. The lowest BCUT2D eigenvalue weighted by atomic mass is 9.98. The zero-order valence-corrected chi connectivity index (χ0v) is 16.7. The predicted molar refractivity (Wildman–Crippen MR) is 105 cm³/mol. The van der Waals surface area contributed by atoms with Crippen LogP contribution in [0.1, 0.15) is 38.2 Å². The molecule has 160 valence electrons. The zero-order chi connectivity index (χ0) is 22.3. The molecule has 1 fully saturated rings. The van der Waals surface area contributed by atoms with Gasteiger partial charge in [-0.25, -0.2) is 4.79 Å². The molecule has 0 radical (unpaired) electrons. The van der Waals surface area contributed by atoms with Crippen LogP contribution in [-0.4, -0.2) is 41.0 Å². The van der Waals surface area contributed by atoms with Crippen molar-refractivity contribution in [3.8, 4) is 11.5 Å². The first kappa shape index (κ1) is 22.6. The van der Waals surface area contributed by atoms with Crippen LogP contribution in [0.2, 0.25) is 0 Å². The third-order valence-corrected chi connectivity index (χ3v) is 4.22. The van der Waals surface area contributed by atoms with E-state index in [2.05, 4.69) is 6.58 Å². The molecule has 0 bridgehead atoms. The van der Waals surface area contributed by atoms with Crippen molar-refractivity contribution in [3.05, 3.63) is 52.6 Å². The molecule has 1 unspecified atom stereocenters. The SMILES string of the molecule is C=CCOc1cc(C(C)C(=O)ON2C(=O)CCC2=O)c([N+](=O)[O-])cc1OC/C=C\C. The molecule has 1 aromatic carbocycles. The van der Waals surface area contributed by atoms with Gasteiger partial charge in [0.05, 0.1) is 16.9 Å². The fourth-order valence-electron chi connectivity index (χ4n) is 2.63. The van der Waals surface area contributed by atoms with Gasteiger partial charge < -0.3 is 14.3 Å². The van der Waals surface area contributed by atoms with E-state index < -0.39 is 28.6 Å². The lowest BCUT2D eigenvalue weighted by Gasteiger charge is -2.18. The summed E-state index contributed by atoms with van der Waals surface area (Å²) in [5, 5.41) is 12.0. The Bertz CT molecular complexity index is 877. The molecule has 2 rings (SSSR count). The van der Waals surface area contributed by atoms with Crippen molar-refractivity contribution in [2.75, 3.05) is 13.2 Å². The van der Waals surface area contributed by atoms with Crippen LogP contribution in [0.4, 0.5) is 5.69 Å². The Labute approximate surface area is 172 Å². The Morgan fingerprint density at radius 1 is 1.23 bits per heavy atom. The largest absolute Gasteiger partial charge is 0.486 e. The molecule has 0 saturated carbocycles. The smallest absolute Gasteiger partial charge is 0.340 e. The minimum Gasteiger partial charge on any atom is -0.486 e. The molecule has 2 amide bonds. The highest BCUT2D eigenvalue weighted by atomic mass is 16.7. The first-order chi connectivity index (χ1) is 14.3. The number of hydrogen-bond acceptors (Lipinski definition) is 8. The average molecular weight is 418 g/mol. The van der Waals surface area contributed by atoms with Crippen molar-refractivity contribution in [2.45, 2.75) is 32.6 Å². The summed E-state index contributed by atoms with van der Waals surface area (Å²) < 4.78 is 11.1. The molecule has 0 aromatic heterocycles. The molecule has 30 heavy (non-hydrogen) atoms. The van der Waals surface area contributed by atoms with Crippen LogP contribution in [0, 0.1) is 10.1 Å². The molecule has 10 heteroatoms. The maximum atomic E-state index is 12.5. The van der Waals surface area contributed by atoms with E-state index >= 15 is 0 Å². The molecule has 1 saturated heterocycles. The van der Waals surface area contributed by atoms with E-state index in [-0.39, 0.29) is 48.8 Å². The van der Waals surface area contributed by atoms with Crippen LogP contribution in [0.15, 0.2) is 36.9 Å². The number of nitrogens with zero attached hydrogens (tertiary/aromatic N) is 2. The van der Waals surface area contributed by atoms with Crippen molar-refractivity contribution in [1.82, 2.24) is 5.06 Å². The third kappa shape index (κ3) is 5.22. The minimum atomic E-state index is -1.16. The van der Waals surface area contributed by atoms with Gasteiger partial charge in [0.2, 0.25) is 0 Å². The highest BCUT2D eigenvalue weighted by Crippen LogP contribution is 2.39. The topological polar surface area (TPSA) is 125 Å². The highest BCUT2D eigenvalue weighted by molar-refractivity contribution is 6.01. The summed E-state index contributed by atoms with van der Waals surface area (Å²) in [5.41, 5.74) is -0.401. The van der Waals surface area contributed by atoms with Gasteiger partial charge in [-0.15, -0.1) is 5.06 Å². The van der Waals surface area contributed by atoms with Crippen LogP contribution in [-0.2, 0) is 19.2 Å². The molecule has 0 spiro atoms. The summed E-state index contributed by atoms with van der Waals surface area (Å²) in [6.45, 7) is 6.99. The molecular weight excluding hydrogens is 396 g/mol. The van der Waals surface area contributed by atoms with E-state index in [1.807, 2.05) is 0 Å². The summed E-state index contributed by atoms with van der Waals surface area (Å²) in [4.78, 5) is 51.7. The average Bonchev–Trinajstić information content (AvgIpc) is 3.03. The maximum Gasteiger partial charge on any atom is 0.340 e. The second-order valence-electron chi connectivity index (χ2n) is 6.31. The van der Waals surface area contributed by atoms with E-state index in [1.54, 1.807) is 19.1 Å². The van der Waals surface area contributed by atoms with Crippen LogP contribution in [0.5, 0.6) is 11.5 Å². The molecule has 0 aliphatic carbocycles. The number of benzene rings is 1. The summed E-state index contributed by atoms with van der Waals surface area (Å²) in [6, 6.07) is 2.47. The number of allylic oxidation sites excluding steroid dienone is 1. The number of hydroxylamine groups is 2. The fourth-order valence-corrected chi connectivity index (χ4v) is 2.63. The summed E-state index contributed by atoms with van der Waals surface area (Å²) in [5.74, 6) is -3.14. The number of imide groups is 1. The lowest BCUT2D eigenvalue weighted by molar-refractivity contribution is -0.385. The van der Waals surface area contributed by atoms with Gasteiger partial charge in [0.1, 0.15) is 13.2 Å². The number of rotatable bonds is 10. The van der Waals surface area contributed by atoms with E-state index in [9.17, 15) is 24.5 Å². The second kappa shape index (κ2) is 10.2. The van der Waals surface area contributed by atoms with Crippen molar-refractivity contribution in [1.29, 1.82) is 0 Å². The molecule has 10 nitrogen and oxygen atoms in total. The maximum absolute atomic E-state index is 12.5. The van der Waals surface area contributed by atoms with Gasteiger partial charge in [-0.05, 0) is 19.9 Å². The Morgan fingerprint density at radius 3 is 2.40 bits per heavy atom. The molecule has 1 aliphatic heterocycles. The molecule has 0 N–H and O–H groups in total. The standard InChI is InChI=1S/C20H22N2O8/c1-4-6-10-29-17-12-15(22(26)27)14(11-16(17)28-9-5-2)13(3)20(25)30-21-18(23)7-8-19(21)24/h4-6,11-13H,2,7-10H2,1,3H3/b6-4-. The minimum absolute atomic E-state index is 0.0125. The van der Waals surface area contributed by atoms with Gasteiger partial charge >= 0.3 is 5.97 Å². The summed E-state index contributed by atoms with van der Waals surface area (Å²) in [6.07, 6.45) is 4.84. The number of nitro benzene ring substituents is 1. The number of carbonyl (C=O) groups excluding carboxylic acids is 3. The van der Waals surface area contributed by atoms with Gasteiger partial charge in [-0.1, -0.05) is 24.8 Å². The molecule has 1 atom stereocenters. The number of carbonyl (C=O) groups is 3. The molecule has 1 aliphatic rings. The first-order valence-electron chi connectivity index (χ1n) is 9.17. The Kier molecular flexibility index (Phi) is 7.68. The van der Waals surface area contributed by atoms with Gasteiger partial charge in [0.25, 0.3) is 17.5 Å². The van der Waals surface area contributed by atoms with E-state index in [0.29, 0.717) is 5.06 Å². The van der Waals surface area contributed by atoms with Crippen LogP contribution in [0.3, 0.4) is 0 Å². The van der Waals surface area contributed by atoms with E-state index in [0.717, 1.165) is 6.07 Å². The van der Waals surface area contributed by atoms with Gasteiger partial charge in [0.15, 0.2) is 11.5 Å². The Morgan fingerprint density at radius 2 is 1.83 bits per heavy atom. The van der Waals surface area contributed by atoms with Gasteiger partial charge in [0, 0.05) is 18.4 Å². The number of ether oxygens (including phenoxy) is 2. The van der Waals surface area contributed by atoms with Crippen LogP contribution in [0.25, 0.3) is 0 Å². The van der Waals surface area contributed by atoms with Crippen molar-refractivity contribution in [2.24, 2.45) is 0 Å². The van der Waals surface area contributed by atoms with E-state index in [1.165, 1.54) is 19.1 Å². The fraction of sp³-hybridized carbons (Fsp3) is 0.350. The second-order valence-corrected chi connectivity index (χ2v) is 6.31. The summed E-state index contributed by atoms with van der Waals surface area (Å²) in [7, 11) is 0. The van der Waals surface area contributed by atoms with Crippen molar-refractivity contribution in [3.63, 3.8) is 0 Å². The highest BCUT2D eigenvalue weighted by Gasteiger charge is 2.36. The van der Waals surface area contributed by atoms with Crippen LogP contribution < -0.4 is 9.47 Å². The molecule has 1 heterocycles. The first-order valence-corrected chi connectivity index (χ1v) is 9.17. The Hall–Kier alpha value is -3.69. The van der Waals surface area contributed by atoms with Gasteiger partial charge in [-0.3, -0.25) is 19.7 Å². The van der Waals surface area contributed by atoms with E-state index in [4.69, 9.17) is 14.3 Å².